The Morgan fingerprint density at radius 1 is 1.25 bits per heavy atom. The second-order valence-electron chi connectivity index (χ2n) is 3.20. The number of carbonyl (C=O) groups is 1. The number of carboxylic acid groups (broad SMARTS) is 1. The minimum absolute atomic E-state index is 0.432. The molecule has 1 aromatic rings. The predicted molar refractivity (Wildman–Crippen MR) is 58.9 cm³/mol. The SMILES string of the molecule is O=C([O-])CCS(=O)(=O)/C=C/c1ccccc1. The van der Waals surface area contributed by atoms with Gasteiger partial charge < -0.3 is 9.90 Å². The molecule has 0 aromatic heterocycles. The second-order valence-corrected chi connectivity index (χ2v) is 5.21. The molecule has 0 saturated heterocycles. The number of hydrogen-bond donors (Lipinski definition) is 0. The average molecular weight is 239 g/mol. The van der Waals surface area contributed by atoms with Gasteiger partial charge in [0.25, 0.3) is 0 Å². The summed E-state index contributed by atoms with van der Waals surface area (Å²) in [6, 6.07) is 8.90. The number of aliphatic carboxylic acids is 1. The molecule has 0 aliphatic rings. The molecule has 4 nitrogen and oxygen atoms in total. The molecule has 0 bridgehead atoms. The molecule has 0 fully saturated rings. The molecule has 5 heteroatoms. The quantitative estimate of drug-likeness (QED) is 0.736. The lowest BCUT2D eigenvalue weighted by Gasteiger charge is -2.00. The van der Waals surface area contributed by atoms with Crippen molar-refractivity contribution in [2.45, 2.75) is 6.42 Å². The van der Waals surface area contributed by atoms with Crippen molar-refractivity contribution < 1.29 is 18.3 Å². The fourth-order valence-electron chi connectivity index (χ4n) is 1.04. The van der Waals surface area contributed by atoms with Gasteiger partial charge in [-0.25, -0.2) is 8.42 Å². The van der Waals surface area contributed by atoms with Crippen LogP contribution >= 0.6 is 0 Å². The fourth-order valence-corrected chi connectivity index (χ4v) is 1.99. The van der Waals surface area contributed by atoms with Gasteiger partial charge in [-0.15, -0.1) is 0 Å². The molecule has 0 spiro atoms. The third kappa shape index (κ3) is 4.75. The molecule has 0 amide bonds. The highest BCUT2D eigenvalue weighted by Crippen LogP contribution is 2.04. The molecular weight excluding hydrogens is 228 g/mol. The molecule has 0 atom stereocenters. The van der Waals surface area contributed by atoms with Crippen molar-refractivity contribution in [2.24, 2.45) is 0 Å². The number of sulfone groups is 1. The van der Waals surface area contributed by atoms with Crippen LogP contribution in [0.25, 0.3) is 6.08 Å². The summed E-state index contributed by atoms with van der Waals surface area (Å²) in [7, 11) is -3.48. The van der Waals surface area contributed by atoms with Crippen molar-refractivity contribution in [3.05, 3.63) is 41.3 Å². The monoisotopic (exact) mass is 239 g/mol. The fraction of sp³-hybridized carbons (Fsp3) is 0.182. The molecule has 0 radical (unpaired) electrons. The van der Waals surface area contributed by atoms with Gasteiger partial charge in [0, 0.05) is 17.8 Å². The number of hydrogen-bond acceptors (Lipinski definition) is 4. The van der Waals surface area contributed by atoms with E-state index in [1.54, 1.807) is 24.3 Å². The summed E-state index contributed by atoms with van der Waals surface area (Å²) >= 11 is 0. The Morgan fingerprint density at radius 2 is 1.88 bits per heavy atom. The van der Waals surface area contributed by atoms with Crippen molar-refractivity contribution >= 4 is 21.9 Å². The van der Waals surface area contributed by atoms with Gasteiger partial charge in [0.1, 0.15) is 0 Å². The lowest BCUT2D eigenvalue weighted by atomic mass is 10.2. The largest absolute Gasteiger partial charge is 0.550 e. The van der Waals surface area contributed by atoms with Gasteiger partial charge >= 0.3 is 0 Å². The van der Waals surface area contributed by atoms with Crippen molar-refractivity contribution in [1.29, 1.82) is 0 Å². The second kappa shape index (κ2) is 5.46. The maximum atomic E-state index is 11.3. The molecule has 0 heterocycles. The molecular formula is C11H11O4S-. The molecule has 16 heavy (non-hydrogen) atoms. The van der Waals surface area contributed by atoms with E-state index in [0.717, 1.165) is 11.0 Å². The van der Waals surface area contributed by atoms with E-state index in [1.807, 2.05) is 6.07 Å². The third-order valence-electron chi connectivity index (χ3n) is 1.86. The summed E-state index contributed by atoms with van der Waals surface area (Å²) in [5.41, 5.74) is 0.750. The number of benzene rings is 1. The van der Waals surface area contributed by atoms with Crippen LogP contribution in [0.4, 0.5) is 0 Å². The van der Waals surface area contributed by atoms with Crippen LogP contribution in [0.3, 0.4) is 0 Å². The molecule has 0 aliphatic carbocycles. The minimum atomic E-state index is -3.48. The Labute approximate surface area is 94.1 Å². The van der Waals surface area contributed by atoms with Gasteiger partial charge in [-0.05, 0) is 11.6 Å². The lowest BCUT2D eigenvalue weighted by molar-refractivity contribution is -0.305. The summed E-state index contributed by atoms with van der Waals surface area (Å²) in [6.45, 7) is 0. The molecule has 86 valence electrons. The van der Waals surface area contributed by atoms with Crippen molar-refractivity contribution in [1.82, 2.24) is 0 Å². The Balaban J connectivity index is 2.66. The Morgan fingerprint density at radius 3 is 2.44 bits per heavy atom. The zero-order chi connectivity index (χ0) is 12.0. The highest BCUT2D eigenvalue weighted by atomic mass is 32.2. The number of carboxylic acids is 1. The molecule has 0 saturated carbocycles. The van der Waals surface area contributed by atoms with Crippen molar-refractivity contribution in [3.63, 3.8) is 0 Å². The van der Waals surface area contributed by atoms with Crippen LogP contribution < -0.4 is 5.11 Å². The lowest BCUT2D eigenvalue weighted by Crippen LogP contribution is -2.24. The highest BCUT2D eigenvalue weighted by molar-refractivity contribution is 7.94. The number of rotatable bonds is 5. The van der Waals surface area contributed by atoms with Crippen LogP contribution in [0.2, 0.25) is 0 Å². The van der Waals surface area contributed by atoms with E-state index in [0.29, 0.717) is 0 Å². The van der Waals surface area contributed by atoms with Gasteiger partial charge in [-0.2, -0.15) is 0 Å². The van der Waals surface area contributed by atoms with Crippen molar-refractivity contribution in [2.75, 3.05) is 5.75 Å². The van der Waals surface area contributed by atoms with E-state index in [2.05, 4.69) is 0 Å². The maximum absolute atomic E-state index is 11.3. The molecule has 0 N–H and O–H groups in total. The van der Waals surface area contributed by atoms with E-state index in [-0.39, 0.29) is 0 Å². The first-order valence-corrected chi connectivity index (χ1v) is 6.37. The summed E-state index contributed by atoms with van der Waals surface area (Å²) < 4.78 is 22.7. The highest BCUT2D eigenvalue weighted by Gasteiger charge is 2.05. The first-order chi connectivity index (χ1) is 7.49. The first kappa shape index (κ1) is 12.4. The standard InChI is InChI=1S/C11H12O4S/c12-11(13)7-9-16(14,15)8-6-10-4-2-1-3-5-10/h1-6,8H,7,9H2,(H,12,13)/p-1/b8-6+. The smallest absolute Gasteiger partial charge is 0.171 e. The summed E-state index contributed by atoms with van der Waals surface area (Å²) in [4.78, 5) is 10.1. The first-order valence-electron chi connectivity index (χ1n) is 4.65. The van der Waals surface area contributed by atoms with Gasteiger partial charge in [-0.1, -0.05) is 30.3 Å². The van der Waals surface area contributed by atoms with Crippen LogP contribution in [0.1, 0.15) is 12.0 Å². The molecule has 1 aromatic carbocycles. The summed E-state index contributed by atoms with van der Waals surface area (Å²) in [5.74, 6) is -1.80. The molecule has 0 unspecified atom stereocenters. The van der Waals surface area contributed by atoms with E-state index >= 15 is 0 Å². The van der Waals surface area contributed by atoms with Gasteiger partial charge in [-0.3, -0.25) is 0 Å². The van der Waals surface area contributed by atoms with Crippen LogP contribution in [0, 0.1) is 0 Å². The van der Waals surface area contributed by atoms with Crippen LogP contribution in [-0.4, -0.2) is 20.1 Å². The third-order valence-corrected chi connectivity index (χ3v) is 3.18. The zero-order valence-corrected chi connectivity index (χ0v) is 9.31. The minimum Gasteiger partial charge on any atom is -0.550 e. The van der Waals surface area contributed by atoms with Crippen molar-refractivity contribution in [3.8, 4) is 0 Å². The maximum Gasteiger partial charge on any atom is 0.171 e. The average Bonchev–Trinajstić information content (AvgIpc) is 2.26. The van der Waals surface area contributed by atoms with Gasteiger partial charge in [0.05, 0.1) is 5.75 Å². The van der Waals surface area contributed by atoms with Crippen LogP contribution in [0.15, 0.2) is 35.7 Å². The van der Waals surface area contributed by atoms with E-state index in [4.69, 9.17) is 0 Å². The Bertz CT molecular complexity index is 474. The molecule has 1 rings (SSSR count). The summed E-state index contributed by atoms with van der Waals surface area (Å²) in [5, 5.41) is 11.1. The Kier molecular flexibility index (Phi) is 4.25. The number of carbonyl (C=O) groups excluding carboxylic acids is 1. The van der Waals surface area contributed by atoms with E-state index in [9.17, 15) is 18.3 Å². The van der Waals surface area contributed by atoms with Gasteiger partial charge in [0.2, 0.25) is 0 Å². The normalized spacial score (nSPS) is 11.8. The topological polar surface area (TPSA) is 74.3 Å². The predicted octanol–water partition coefficient (Wildman–Crippen LogP) is 0.212. The molecule has 0 aliphatic heterocycles. The van der Waals surface area contributed by atoms with Crippen LogP contribution in [-0.2, 0) is 14.6 Å². The van der Waals surface area contributed by atoms with Gasteiger partial charge in [0.15, 0.2) is 9.84 Å². The zero-order valence-electron chi connectivity index (χ0n) is 8.50. The van der Waals surface area contributed by atoms with Crippen LogP contribution in [0.5, 0.6) is 0 Å². The summed E-state index contributed by atoms with van der Waals surface area (Å²) in [6.07, 6.45) is 0.950. The van der Waals surface area contributed by atoms with E-state index < -0.39 is 28.0 Å². The van der Waals surface area contributed by atoms with E-state index in [1.165, 1.54) is 6.08 Å². The Hall–Kier alpha value is -1.62.